The highest BCUT2D eigenvalue weighted by atomic mass is 35.5. The molecule has 3 N–H and O–H groups in total. The molecule has 4 nitrogen and oxygen atoms in total. The van der Waals surface area contributed by atoms with Crippen LogP contribution in [0.25, 0.3) is 0 Å². The number of phenols is 1. The zero-order chi connectivity index (χ0) is 17.3. The first-order valence-corrected chi connectivity index (χ1v) is 8.65. The molecule has 1 atom stereocenters. The minimum atomic E-state index is -0.125. The predicted molar refractivity (Wildman–Crippen MR) is 96.4 cm³/mol. The number of halogens is 2. The van der Waals surface area contributed by atoms with Crippen LogP contribution in [0.15, 0.2) is 24.3 Å². The van der Waals surface area contributed by atoms with Gasteiger partial charge in [0, 0.05) is 23.4 Å². The molecule has 0 spiro atoms. The highest BCUT2D eigenvalue weighted by Gasteiger charge is 2.27. The summed E-state index contributed by atoms with van der Waals surface area (Å²) in [7, 11) is 0. The van der Waals surface area contributed by atoms with Crippen molar-refractivity contribution < 1.29 is 14.6 Å². The first kappa shape index (κ1) is 17.2. The Morgan fingerprint density at radius 1 is 1.25 bits per heavy atom. The average molecular weight is 368 g/mol. The van der Waals surface area contributed by atoms with Gasteiger partial charge < -0.3 is 20.3 Å². The summed E-state index contributed by atoms with van der Waals surface area (Å²) in [4.78, 5) is 0. The lowest BCUT2D eigenvalue weighted by molar-refractivity contribution is 0.0479. The van der Waals surface area contributed by atoms with Crippen molar-refractivity contribution in [3.63, 3.8) is 0 Å². The van der Waals surface area contributed by atoms with Crippen molar-refractivity contribution in [3.8, 4) is 17.2 Å². The topological polar surface area (TPSA) is 64.7 Å². The summed E-state index contributed by atoms with van der Waals surface area (Å²) < 4.78 is 11.8. The maximum absolute atomic E-state index is 10.3. The van der Waals surface area contributed by atoms with Crippen LogP contribution in [0.2, 0.25) is 10.0 Å². The van der Waals surface area contributed by atoms with Crippen molar-refractivity contribution in [1.29, 1.82) is 0 Å². The molecule has 6 heteroatoms. The third-order valence-corrected chi connectivity index (χ3v) is 4.67. The van der Waals surface area contributed by atoms with Crippen LogP contribution >= 0.6 is 23.2 Å². The SMILES string of the molecule is CCO[C@@H]1CCCc2c(Oc3c(Cl)cc(N)cc3Cl)ccc(O)c21. The van der Waals surface area contributed by atoms with Crippen molar-refractivity contribution in [2.24, 2.45) is 0 Å². The smallest absolute Gasteiger partial charge is 0.164 e. The number of hydrogen-bond donors (Lipinski definition) is 2. The van der Waals surface area contributed by atoms with E-state index in [4.69, 9.17) is 38.4 Å². The minimum absolute atomic E-state index is 0.125. The van der Waals surface area contributed by atoms with E-state index in [0.29, 0.717) is 33.8 Å². The molecule has 0 aromatic heterocycles. The van der Waals surface area contributed by atoms with Crippen LogP contribution in [0.5, 0.6) is 17.2 Å². The predicted octanol–water partition coefficient (Wildman–Crippen LogP) is 5.49. The lowest BCUT2D eigenvalue weighted by Gasteiger charge is -2.28. The molecule has 0 unspecified atom stereocenters. The van der Waals surface area contributed by atoms with Crippen LogP contribution in [0, 0.1) is 0 Å². The Hall–Kier alpha value is -1.62. The monoisotopic (exact) mass is 367 g/mol. The lowest BCUT2D eigenvalue weighted by atomic mass is 9.88. The van der Waals surface area contributed by atoms with Crippen molar-refractivity contribution in [3.05, 3.63) is 45.4 Å². The maximum atomic E-state index is 10.3. The minimum Gasteiger partial charge on any atom is -0.508 e. The Labute approximate surface area is 151 Å². The molecule has 24 heavy (non-hydrogen) atoms. The van der Waals surface area contributed by atoms with Crippen LogP contribution in [-0.2, 0) is 11.2 Å². The van der Waals surface area contributed by atoms with E-state index in [1.54, 1.807) is 24.3 Å². The molecule has 0 amide bonds. The number of ether oxygens (including phenoxy) is 2. The summed E-state index contributed by atoms with van der Waals surface area (Å²) in [5, 5.41) is 11.0. The van der Waals surface area contributed by atoms with Gasteiger partial charge in [0.15, 0.2) is 5.75 Å². The molecule has 0 radical (unpaired) electrons. The maximum Gasteiger partial charge on any atom is 0.164 e. The fourth-order valence-electron chi connectivity index (χ4n) is 3.11. The molecule has 2 aromatic rings. The van der Waals surface area contributed by atoms with Crippen LogP contribution in [0.4, 0.5) is 5.69 Å². The molecule has 0 bridgehead atoms. The molecule has 1 aliphatic carbocycles. The van der Waals surface area contributed by atoms with Gasteiger partial charge in [-0.25, -0.2) is 0 Å². The van der Waals surface area contributed by atoms with Crippen LogP contribution in [-0.4, -0.2) is 11.7 Å². The van der Waals surface area contributed by atoms with Crippen molar-refractivity contribution in [1.82, 2.24) is 0 Å². The van der Waals surface area contributed by atoms with Gasteiger partial charge in [0.05, 0.1) is 16.1 Å². The first-order chi connectivity index (χ1) is 11.5. The van der Waals surface area contributed by atoms with E-state index in [0.717, 1.165) is 30.4 Å². The highest BCUT2D eigenvalue weighted by molar-refractivity contribution is 6.37. The van der Waals surface area contributed by atoms with E-state index >= 15 is 0 Å². The van der Waals surface area contributed by atoms with E-state index in [2.05, 4.69) is 0 Å². The van der Waals surface area contributed by atoms with Crippen molar-refractivity contribution in [2.45, 2.75) is 32.3 Å². The van der Waals surface area contributed by atoms with E-state index in [1.807, 2.05) is 6.92 Å². The van der Waals surface area contributed by atoms with Gasteiger partial charge in [-0.1, -0.05) is 23.2 Å². The second-order valence-electron chi connectivity index (χ2n) is 5.73. The van der Waals surface area contributed by atoms with Gasteiger partial charge in [-0.3, -0.25) is 0 Å². The summed E-state index contributed by atoms with van der Waals surface area (Å²) in [6.07, 6.45) is 2.51. The lowest BCUT2D eigenvalue weighted by Crippen LogP contribution is -2.14. The van der Waals surface area contributed by atoms with Gasteiger partial charge in [0.2, 0.25) is 0 Å². The Balaban J connectivity index is 2.03. The summed E-state index contributed by atoms with van der Waals surface area (Å²) >= 11 is 12.4. The largest absolute Gasteiger partial charge is 0.508 e. The number of hydrogen-bond acceptors (Lipinski definition) is 4. The van der Waals surface area contributed by atoms with E-state index in [1.165, 1.54) is 0 Å². The molecule has 128 valence electrons. The quantitative estimate of drug-likeness (QED) is 0.701. The van der Waals surface area contributed by atoms with Crippen LogP contribution < -0.4 is 10.5 Å². The molecular weight excluding hydrogens is 349 g/mol. The van der Waals surface area contributed by atoms with Gasteiger partial charge >= 0.3 is 0 Å². The van der Waals surface area contributed by atoms with Gasteiger partial charge in [-0.2, -0.15) is 0 Å². The Kier molecular flexibility index (Phi) is 5.09. The third-order valence-electron chi connectivity index (χ3n) is 4.11. The van der Waals surface area contributed by atoms with E-state index < -0.39 is 0 Å². The molecule has 0 saturated carbocycles. The number of rotatable bonds is 4. The van der Waals surface area contributed by atoms with Crippen molar-refractivity contribution in [2.75, 3.05) is 12.3 Å². The molecular formula is C18H19Cl2NO3. The third kappa shape index (κ3) is 3.27. The second-order valence-corrected chi connectivity index (χ2v) is 6.54. The van der Waals surface area contributed by atoms with Gasteiger partial charge in [-0.15, -0.1) is 0 Å². The van der Waals surface area contributed by atoms with Crippen LogP contribution in [0.3, 0.4) is 0 Å². The molecule has 3 rings (SSSR count). The number of nitrogen functional groups attached to an aromatic ring is 1. The summed E-state index contributed by atoms with van der Waals surface area (Å²) in [5.74, 6) is 1.21. The Morgan fingerprint density at radius 2 is 1.96 bits per heavy atom. The van der Waals surface area contributed by atoms with Crippen LogP contribution in [0.1, 0.15) is 37.0 Å². The molecule has 0 fully saturated rings. The number of fused-ring (bicyclic) bond motifs is 1. The average Bonchev–Trinajstić information content (AvgIpc) is 2.53. The van der Waals surface area contributed by atoms with Gasteiger partial charge in [0.1, 0.15) is 11.5 Å². The molecule has 1 aliphatic rings. The zero-order valence-corrected chi connectivity index (χ0v) is 14.8. The summed E-state index contributed by atoms with van der Waals surface area (Å²) in [6, 6.07) is 6.54. The van der Waals surface area contributed by atoms with Crippen molar-refractivity contribution >= 4 is 28.9 Å². The molecule has 0 saturated heterocycles. The standard InChI is InChI=1S/C18H19Cl2NO3/c1-2-23-16-5-3-4-11-15(7-6-14(22)17(11)16)24-18-12(19)8-10(21)9-13(18)20/h6-9,16,22H,2-5,21H2,1H3/t16-/m1/s1. The molecule has 2 aromatic carbocycles. The summed E-state index contributed by atoms with van der Waals surface area (Å²) in [6.45, 7) is 2.53. The number of aromatic hydroxyl groups is 1. The molecule has 0 aliphatic heterocycles. The zero-order valence-electron chi connectivity index (χ0n) is 13.3. The fourth-order valence-corrected chi connectivity index (χ4v) is 3.69. The van der Waals surface area contributed by atoms with Gasteiger partial charge in [0.25, 0.3) is 0 Å². The number of anilines is 1. The normalized spacial score (nSPS) is 16.7. The Bertz CT molecular complexity index is 741. The number of phenolic OH excluding ortho intramolecular Hbond substituents is 1. The fraction of sp³-hybridized carbons (Fsp3) is 0.333. The number of nitrogens with two attached hydrogens (primary N) is 1. The highest BCUT2D eigenvalue weighted by Crippen LogP contribution is 2.45. The number of benzene rings is 2. The first-order valence-electron chi connectivity index (χ1n) is 7.90. The summed E-state index contributed by atoms with van der Waals surface area (Å²) in [5.41, 5.74) is 7.93. The molecule has 0 heterocycles. The van der Waals surface area contributed by atoms with E-state index in [-0.39, 0.29) is 11.9 Å². The van der Waals surface area contributed by atoms with Gasteiger partial charge in [-0.05, 0) is 50.5 Å². The Morgan fingerprint density at radius 3 is 2.62 bits per heavy atom. The second kappa shape index (κ2) is 7.09. The van der Waals surface area contributed by atoms with E-state index in [9.17, 15) is 5.11 Å².